The number of nitrogens with zero attached hydrogens (tertiary/aromatic N) is 2. The highest BCUT2D eigenvalue weighted by atomic mass is 32.1. The largest absolute Gasteiger partial charge is 0.457 e. The summed E-state index contributed by atoms with van der Waals surface area (Å²) < 4.78 is 6.86. The van der Waals surface area contributed by atoms with E-state index in [4.69, 9.17) is 4.74 Å². The van der Waals surface area contributed by atoms with E-state index < -0.39 is 11.5 Å². The minimum Gasteiger partial charge on any atom is -0.457 e. The zero-order chi connectivity index (χ0) is 19.6. The van der Waals surface area contributed by atoms with Crippen LogP contribution in [-0.4, -0.2) is 10.1 Å². The van der Waals surface area contributed by atoms with Gasteiger partial charge in [0.1, 0.15) is 28.0 Å². The topological polar surface area (TPSA) is 66.1 Å². The second kappa shape index (κ2) is 7.43. The molecule has 0 aliphatic rings. The smallest absolute Gasteiger partial charge is 0.136 e. The fourth-order valence-corrected chi connectivity index (χ4v) is 4.11. The highest BCUT2D eigenvalue weighted by Gasteiger charge is 2.39. The number of hydrogen-bond donors (Lipinski definition) is 1. The number of aliphatic hydroxyl groups is 1. The maximum Gasteiger partial charge on any atom is 0.136 e. The number of rotatable bonds is 5. The maximum atomic E-state index is 11.1. The molecule has 0 aliphatic heterocycles. The van der Waals surface area contributed by atoms with Crippen molar-refractivity contribution in [3.8, 4) is 17.6 Å². The lowest BCUT2D eigenvalue weighted by Gasteiger charge is -2.26. The van der Waals surface area contributed by atoms with Gasteiger partial charge in [-0.3, -0.25) is 0 Å². The summed E-state index contributed by atoms with van der Waals surface area (Å²) in [6.07, 6.45) is -1.04. The summed E-state index contributed by atoms with van der Waals surface area (Å²) >= 11 is 1.43. The number of benzene rings is 3. The van der Waals surface area contributed by atoms with Crippen molar-refractivity contribution in [1.82, 2.24) is 4.98 Å². The highest BCUT2D eigenvalue weighted by molar-refractivity contribution is 7.18. The van der Waals surface area contributed by atoms with Crippen molar-refractivity contribution in [3.05, 3.63) is 89.4 Å². The van der Waals surface area contributed by atoms with Gasteiger partial charge < -0.3 is 9.84 Å². The Bertz CT molecular complexity index is 1120. The molecule has 4 aromatic rings. The second-order valence-electron chi connectivity index (χ2n) is 6.69. The zero-order valence-corrected chi connectivity index (χ0v) is 16.1. The molecule has 1 aromatic heterocycles. The Kier molecular flexibility index (Phi) is 4.82. The van der Waals surface area contributed by atoms with Gasteiger partial charge in [-0.15, -0.1) is 11.3 Å². The molecule has 2 unspecified atom stereocenters. The number of hydrogen-bond acceptors (Lipinski definition) is 5. The predicted molar refractivity (Wildman–Crippen MR) is 111 cm³/mol. The summed E-state index contributed by atoms with van der Waals surface area (Å²) in [7, 11) is 0. The van der Waals surface area contributed by atoms with Crippen LogP contribution in [0.1, 0.15) is 23.6 Å². The first-order valence-corrected chi connectivity index (χ1v) is 9.70. The second-order valence-corrected chi connectivity index (χ2v) is 7.72. The van der Waals surface area contributed by atoms with E-state index in [1.807, 2.05) is 66.7 Å². The Labute approximate surface area is 167 Å². The number of ether oxygens (including phenoxy) is 1. The van der Waals surface area contributed by atoms with Gasteiger partial charge in [0.25, 0.3) is 0 Å². The van der Waals surface area contributed by atoms with E-state index in [-0.39, 0.29) is 0 Å². The summed E-state index contributed by atoms with van der Waals surface area (Å²) in [6, 6.07) is 26.7. The first kappa shape index (κ1) is 18.2. The van der Waals surface area contributed by atoms with Crippen molar-refractivity contribution in [2.45, 2.75) is 18.4 Å². The van der Waals surface area contributed by atoms with Crippen LogP contribution in [0.5, 0.6) is 11.5 Å². The van der Waals surface area contributed by atoms with Crippen LogP contribution in [0.2, 0.25) is 0 Å². The Morgan fingerprint density at radius 3 is 2.46 bits per heavy atom. The van der Waals surface area contributed by atoms with E-state index in [9.17, 15) is 10.4 Å². The first-order chi connectivity index (χ1) is 13.6. The molecule has 0 fully saturated rings. The first-order valence-electron chi connectivity index (χ1n) is 8.88. The van der Waals surface area contributed by atoms with Gasteiger partial charge in [0.05, 0.1) is 16.3 Å². The highest BCUT2D eigenvalue weighted by Crippen LogP contribution is 2.41. The molecule has 3 aromatic carbocycles. The molecule has 0 bridgehead atoms. The van der Waals surface area contributed by atoms with Gasteiger partial charge in [0.2, 0.25) is 0 Å². The Hall–Kier alpha value is -3.20. The Morgan fingerprint density at radius 1 is 1.00 bits per heavy atom. The monoisotopic (exact) mass is 386 g/mol. The molecular formula is C23H18N2O2S. The Balaban J connectivity index is 1.67. The SMILES string of the molecule is CC(C#N)(c1nc2ccccc2s1)C(O)c1cccc(Oc2ccccc2)c1. The molecule has 4 rings (SSSR count). The maximum absolute atomic E-state index is 11.1. The standard InChI is InChI=1S/C23H18N2O2S/c1-23(15-24,22-25-19-12-5-6-13-20(19)28-22)21(26)16-8-7-11-18(14-16)27-17-9-3-2-4-10-17/h2-14,21,26H,1H3. The van der Waals surface area contributed by atoms with Crippen LogP contribution in [-0.2, 0) is 5.41 Å². The van der Waals surface area contributed by atoms with Crippen LogP contribution >= 0.6 is 11.3 Å². The number of aliphatic hydroxyl groups excluding tert-OH is 1. The van der Waals surface area contributed by atoms with E-state index in [0.29, 0.717) is 22.1 Å². The summed E-state index contributed by atoms with van der Waals surface area (Å²) in [6.45, 7) is 1.72. The number of para-hydroxylation sites is 2. The summed E-state index contributed by atoms with van der Waals surface area (Å²) in [4.78, 5) is 4.60. The number of aromatic nitrogens is 1. The molecule has 1 N–H and O–H groups in total. The van der Waals surface area contributed by atoms with Crippen LogP contribution in [0.3, 0.4) is 0 Å². The molecule has 0 amide bonds. The van der Waals surface area contributed by atoms with Gasteiger partial charge in [0, 0.05) is 0 Å². The summed E-state index contributed by atoms with van der Waals surface area (Å²) in [5.41, 5.74) is 0.267. The minimum atomic E-state index is -1.17. The van der Waals surface area contributed by atoms with Crippen molar-refractivity contribution in [2.75, 3.05) is 0 Å². The molecule has 0 radical (unpaired) electrons. The number of fused-ring (bicyclic) bond motifs is 1. The van der Waals surface area contributed by atoms with Crippen molar-refractivity contribution < 1.29 is 9.84 Å². The molecule has 1 heterocycles. The molecule has 0 saturated heterocycles. The van der Waals surface area contributed by atoms with E-state index in [1.165, 1.54) is 11.3 Å². The van der Waals surface area contributed by atoms with E-state index in [2.05, 4.69) is 11.1 Å². The number of thiazole rings is 1. The molecule has 2 atom stereocenters. The third kappa shape index (κ3) is 3.36. The molecule has 28 heavy (non-hydrogen) atoms. The van der Waals surface area contributed by atoms with Crippen LogP contribution in [0.4, 0.5) is 0 Å². The zero-order valence-electron chi connectivity index (χ0n) is 15.2. The van der Waals surface area contributed by atoms with Gasteiger partial charge in [-0.2, -0.15) is 5.26 Å². The van der Waals surface area contributed by atoms with E-state index in [1.54, 1.807) is 19.1 Å². The van der Waals surface area contributed by atoms with Crippen LogP contribution in [0.25, 0.3) is 10.2 Å². The molecule has 4 nitrogen and oxygen atoms in total. The minimum absolute atomic E-state index is 0.595. The predicted octanol–water partition coefficient (Wildman–Crippen LogP) is 5.60. The van der Waals surface area contributed by atoms with Crippen molar-refractivity contribution >= 4 is 21.6 Å². The van der Waals surface area contributed by atoms with Crippen LogP contribution in [0.15, 0.2) is 78.9 Å². The molecule has 0 aliphatic carbocycles. The lowest BCUT2D eigenvalue weighted by molar-refractivity contribution is 0.119. The molecule has 5 heteroatoms. The van der Waals surface area contributed by atoms with E-state index in [0.717, 1.165) is 10.2 Å². The quantitative estimate of drug-likeness (QED) is 0.484. The van der Waals surface area contributed by atoms with Gasteiger partial charge >= 0.3 is 0 Å². The summed E-state index contributed by atoms with van der Waals surface area (Å²) in [5, 5.41) is 21.6. The lowest BCUT2D eigenvalue weighted by Crippen LogP contribution is -2.28. The average Bonchev–Trinajstić information content (AvgIpc) is 3.18. The number of nitriles is 1. The Morgan fingerprint density at radius 2 is 1.71 bits per heavy atom. The van der Waals surface area contributed by atoms with Crippen LogP contribution in [0, 0.1) is 11.3 Å². The molecular weight excluding hydrogens is 368 g/mol. The molecule has 0 saturated carbocycles. The van der Waals surface area contributed by atoms with Crippen molar-refractivity contribution in [3.63, 3.8) is 0 Å². The van der Waals surface area contributed by atoms with Gasteiger partial charge in [0.15, 0.2) is 0 Å². The fraction of sp³-hybridized carbons (Fsp3) is 0.130. The van der Waals surface area contributed by atoms with Crippen molar-refractivity contribution in [2.24, 2.45) is 0 Å². The van der Waals surface area contributed by atoms with Gasteiger partial charge in [-0.25, -0.2) is 4.98 Å². The fourth-order valence-electron chi connectivity index (χ4n) is 3.03. The van der Waals surface area contributed by atoms with Gasteiger partial charge in [-0.05, 0) is 48.9 Å². The molecule has 138 valence electrons. The summed E-state index contributed by atoms with van der Waals surface area (Å²) in [5.74, 6) is 1.32. The average molecular weight is 386 g/mol. The lowest BCUT2D eigenvalue weighted by atomic mass is 9.82. The third-order valence-corrected chi connectivity index (χ3v) is 5.94. The van der Waals surface area contributed by atoms with Gasteiger partial charge in [-0.1, -0.05) is 42.5 Å². The molecule has 0 spiro atoms. The van der Waals surface area contributed by atoms with E-state index >= 15 is 0 Å². The normalized spacial score (nSPS) is 14.2. The third-order valence-electron chi connectivity index (χ3n) is 4.67. The van der Waals surface area contributed by atoms with Crippen molar-refractivity contribution in [1.29, 1.82) is 5.26 Å². The van der Waals surface area contributed by atoms with Crippen LogP contribution < -0.4 is 4.74 Å².